The number of anilines is 1. The lowest BCUT2D eigenvalue weighted by Gasteiger charge is -2.32. The topological polar surface area (TPSA) is 66.9 Å². The zero-order valence-electron chi connectivity index (χ0n) is 17.4. The number of piperidine rings is 1. The first kappa shape index (κ1) is 21.0. The normalized spacial score (nSPS) is 19.0. The number of halogens is 1. The van der Waals surface area contributed by atoms with Gasteiger partial charge in [0.2, 0.25) is 0 Å². The molecule has 2 aromatic carbocycles. The number of hydrogen-bond acceptors (Lipinski definition) is 4. The summed E-state index contributed by atoms with van der Waals surface area (Å²) in [6.45, 7) is 2.91. The van der Waals surface area contributed by atoms with E-state index in [-0.39, 0.29) is 18.4 Å². The Morgan fingerprint density at radius 3 is 2.58 bits per heavy atom. The molecule has 4 rings (SSSR count). The van der Waals surface area contributed by atoms with E-state index >= 15 is 0 Å². The number of rotatable bonds is 4. The van der Waals surface area contributed by atoms with Crippen LogP contribution in [0, 0.1) is 11.7 Å². The minimum absolute atomic E-state index is 0.225. The maximum Gasteiger partial charge on any atom is 0.311 e. The average molecular weight is 424 g/mol. The highest BCUT2D eigenvalue weighted by molar-refractivity contribution is 5.99. The fourth-order valence-electron chi connectivity index (χ4n) is 4.24. The van der Waals surface area contributed by atoms with Gasteiger partial charge in [0, 0.05) is 30.9 Å². The maximum absolute atomic E-state index is 13.1. The SMILES string of the molecule is C[C@@H](OC(=O)[C@@H]1CCCN(C(=O)c2ccc(F)cc2)C1)C(=O)N1CCc2ccccc21. The molecule has 1 saturated heterocycles. The maximum atomic E-state index is 13.1. The number of carbonyl (C=O) groups excluding carboxylic acids is 3. The average Bonchev–Trinajstić information content (AvgIpc) is 3.22. The van der Waals surface area contributed by atoms with Crippen LogP contribution in [0.15, 0.2) is 48.5 Å². The second-order valence-corrected chi connectivity index (χ2v) is 8.04. The van der Waals surface area contributed by atoms with Gasteiger partial charge in [-0.15, -0.1) is 0 Å². The molecule has 2 atom stereocenters. The van der Waals surface area contributed by atoms with Crippen molar-refractivity contribution in [2.75, 3.05) is 24.5 Å². The van der Waals surface area contributed by atoms with Crippen molar-refractivity contribution in [2.24, 2.45) is 5.92 Å². The molecule has 0 spiro atoms. The second-order valence-electron chi connectivity index (χ2n) is 8.04. The summed E-state index contributed by atoms with van der Waals surface area (Å²) in [4.78, 5) is 41.6. The van der Waals surface area contributed by atoms with Gasteiger partial charge in [-0.25, -0.2) is 4.39 Å². The number of nitrogens with zero attached hydrogens (tertiary/aromatic N) is 2. The monoisotopic (exact) mass is 424 g/mol. The third-order valence-electron chi connectivity index (χ3n) is 5.93. The number of carbonyl (C=O) groups is 3. The Labute approximate surface area is 180 Å². The molecule has 6 nitrogen and oxygen atoms in total. The molecule has 31 heavy (non-hydrogen) atoms. The minimum atomic E-state index is -0.901. The number of fused-ring (bicyclic) bond motifs is 1. The van der Waals surface area contributed by atoms with Gasteiger partial charge in [-0.2, -0.15) is 0 Å². The van der Waals surface area contributed by atoms with Crippen molar-refractivity contribution in [2.45, 2.75) is 32.3 Å². The summed E-state index contributed by atoms with van der Waals surface area (Å²) in [5.41, 5.74) is 2.35. The van der Waals surface area contributed by atoms with Gasteiger partial charge in [0.15, 0.2) is 6.10 Å². The van der Waals surface area contributed by atoms with E-state index in [0.29, 0.717) is 31.5 Å². The molecule has 0 aromatic heterocycles. The Balaban J connectivity index is 1.36. The van der Waals surface area contributed by atoms with Gasteiger partial charge < -0.3 is 14.5 Å². The quantitative estimate of drug-likeness (QED) is 0.707. The van der Waals surface area contributed by atoms with Crippen molar-refractivity contribution < 1.29 is 23.5 Å². The van der Waals surface area contributed by atoms with Crippen molar-refractivity contribution in [3.8, 4) is 0 Å². The first-order chi connectivity index (χ1) is 14.9. The van der Waals surface area contributed by atoms with Gasteiger partial charge in [-0.3, -0.25) is 14.4 Å². The molecule has 2 heterocycles. The second kappa shape index (κ2) is 8.88. The van der Waals surface area contributed by atoms with Crippen LogP contribution < -0.4 is 4.90 Å². The van der Waals surface area contributed by atoms with Gasteiger partial charge in [-0.1, -0.05) is 18.2 Å². The van der Waals surface area contributed by atoms with Gasteiger partial charge in [0.05, 0.1) is 5.92 Å². The largest absolute Gasteiger partial charge is 0.452 e. The molecule has 2 aliphatic heterocycles. The number of hydrogen-bond donors (Lipinski definition) is 0. The lowest BCUT2D eigenvalue weighted by atomic mass is 9.97. The van der Waals surface area contributed by atoms with Crippen LogP contribution >= 0.6 is 0 Å². The molecule has 2 amide bonds. The minimum Gasteiger partial charge on any atom is -0.452 e. The molecule has 2 aliphatic rings. The summed E-state index contributed by atoms with van der Waals surface area (Å²) in [5.74, 6) is -1.84. The van der Waals surface area contributed by atoms with E-state index in [9.17, 15) is 18.8 Å². The smallest absolute Gasteiger partial charge is 0.311 e. The third kappa shape index (κ3) is 4.45. The van der Waals surface area contributed by atoms with Crippen molar-refractivity contribution >= 4 is 23.5 Å². The summed E-state index contributed by atoms with van der Waals surface area (Å²) < 4.78 is 18.6. The lowest BCUT2D eigenvalue weighted by Crippen LogP contribution is -2.45. The number of esters is 1. The Bertz CT molecular complexity index is 991. The van der Waals surface area contributed by atoms with Gasteiger partial charge in [0.1, 0.15) is 5.82 Å². The molecule has 0 unspecified atom stereocenters. The molecule has 0 bridgehead atoms. The lowest BCUT2D eigenvalue weighted by molar-refractivity contribution is -0.159. The predicted octanol–water partition coefficient (Wildman–Crippen LogP) is 3.20. The van der Waals surface area contributed by atoms with E-state index in [1.54, 1.807) is 16.7 Å². The predicted molar refractivity (Wildman–Crippen MR) is 113 cm³/mol. The summed E-state index contributed by atoms with van der Waals surface area (Å²) in [7, 11) is 0. The molecular formula is C24H25FN2O4. The van der Waals surface area contributed by atoms with Crippen LogP contribution in [0.2, 0.25) is 0 Å². The first-order valence-corrected chi connectivity index (χ1v) is 10.6. The van der Waals surface area contributed by atoms with E-state index in [1.807, 2.05) is 24.3 Å². The summed E-state index contributed by atoms with van der Waals surface area (Å²) in [6.07, 6.45) is 1.14. The molecule has 7 heteroatoms. The molecule has 0 saturated carbocycles. The van der Waals surface area contributed by atoms with Gasteiger partial charge in [0.25, 0.3) is 11.8 Å². The number of benzene rings is 2. The van der Waals surface area contributed by atoms with E-state index < -0.39 is 23.8 Å². The molecule has 0 N–H and O–H groups in total. The standard InChI is InChI=1S/C24H25FN2O4/c1-16(22(28)27-14-12-17-5-2-3-7-21(17)27)31-24(30)19-6-4-13-26(15-19)23(29)18-8-10-20(25)11-9-18/h2-3,5,7-11,16,19H,4,6,12-15H2,1H3/t16-,19-/m1/s1. The fourth-order valence-corrected chi connectivity index (χ4v) is 4.24. The van der Waals surface area contributed by atoms with E-state index in [4.69, 9.17) is 4.74 Å². The van der Waals surface area contributed by atoms with E-state index in [0.717, 1.165) is 17.7 Å². The summed E-state index contributed by atoms with van der Waals surface area (Å²) in [6, 6.07) is 13.1. The number of para-hydroxylation sites is 1. The number of amides is 2. The van der Waals surface area contributed by atoms with Crippen LogP contribution in [0.5, 0.6) is 0 Å². The van der Waals surface area contributed by atoms with Crippen molar-refractivity contribution in [1.29, 1.82) is 0 Å². The van der Waals surface area contributed by atoms with Crippen LogP contribution in [-0.4, -0.2) is 48.4 Å². The van der Waals surface area contributed by atoms with E-state index in [2.05, 4.69) is 0 Å². The Hall–Kier alpha value is -3.22. The van der Waals surface area contributed by atoms with Gasteiger partial charge >= 0.3 is 5.97 Å². The Kier molecular flexibility index (Phi) is 6.02. The molecule has 162 valence electrons. The highest BCUT2D eigenvalue weighted by Gasteiger charge is 2.34. The first-order valence-electron chi connectivity index (χ1n) is 10.6. The number of likely N-dealkylation sites (tertiary alicyclic amines) is 1. The van der Waals surface area contributed by atoms with Crippen molar-refractivity contribution in [3.05, 3.63) is 65.5 Å². The Morgan fingerprint density at radius 2 is 1.81 bits per heavy atom. The highest BCUT2D eigenvalue weighted by Crippen LogP contribution is 2.28. The van der Waals surface area contributed by atoms with Gasteiger partial charge in [-0.05, 0) is 62.1 Å². The van der Waals surface area contributed by atoms with Crippen LogP contribution in [0.25, 0.3) is 0 Å². The zero-order chi connectivity index (χ0) is 22.0. The summed E-state index contributed by atoms with van der Waals surface area (Å²) in [5, 5.41) is 0. The van der Waals surface area contributed by atoms with Crippen LogP contribution in [0.3, 0.4) is 0 Å². The molecule has 2 aromatic rings. The summed E-state index contributed by atoms with van der Waals surface area (Å²) >= 11 is 0. The van der Waals surface area contributed by atoms with Crippen LogP contribution in [0.1, 0.15) is 35.7 Å². The fraction of sp³-hybridized carbons (Fsp3) is 0.375. The van der Waals surface area contributed by atoms with Crippen LogP contribution in [-0.2, 0) is 20.7 Å². The van der Waals surface area contributed by atoms with E-state index in [1.165, 1.54) is 24.3 Å². The third-order valence-corrected chi connectivity index (χ3v) is 5.93. The molecular weight excluding hydrogens is 399 g/mol. The molecule has 1 fully saturated rings. The van der Waals surface area contributed by atoms with Crippen molar-refractivity contribution in [1.82, 2.24) is 4.90 Å². The number of ether oxygens (including phenoxy) is 1. The molecule has 0 aliphatic carbocycles. The molecule has 0 radical (unpaired) electrons. The van der Waals surface area contributed by atoms with Crippen LogP contribution in [0.4, 0.5) is 10.1 Å². The van der Waals surface area contributed by atoms with Crippen molar-refractivity contribution in [3.63, 3.8) is 0 Å². The highest BCUT2D eigenvalue weighted by atomic mass is 19.1. The zero-order valence-corrected chi connectivity index (χ0v) is 17.4. The Morgan fingerprint density at radius 1 is 1.06 bits per heavy atom.